The number of nitrogens with zero attached hydrogens (tertiary/aromatic N) is 1. The number of carboxylic acid groups (broad SMARTS) is 1. The highest BCUT2D eigenvalue weighted by molar-refractivity contribution is 5.94. The zero-order valence-corrected chi connectivity index (χ0v) is 16.5. The lowest BCUT2D eigenvalue weighted by atomic mass is 9.92. The number of hydrogen-bond acceptors (Lipinski definition) is 3. The van der Waals surface area contributed by atoms with Crippen molar-refractivity contribution in [2.75, 3.05) is 6.54 Å². The van der Waals surface area contributed by atoms with Crippen molar-refractivity contribution in [2.24, 2.45) is 5.92 Å². The molecule has 1 aliphatic rings. The Hall–Kier alpha value is -3.15. The van der Waals surface area contributed by atoms with E-state index in [2.05, 4.69) is 5.32 Å². The summed E-state index contributed by atoms with van der Waals surface area (Å²) >= 11 is 0. The zero-order valence-electron chi connectivity index (χ0n) is 16.5. The second-order valence-corrected chi connectivity index (χ2v) is 7.51. The second-order valence-electron chi connectivity index (χ2n) is 7.51. The van der Waals surface area contributed by atoms with E-state index in [1.165, 1.54) is 0 Å². The van der Waals surface area contributed by atoms with Crippen LogP contribution in [0.4, 0.5) is 0 Å². The molecule has 1 heterocycles. The fourth-order valence-electron chi connectivity index (χ4n) is 3.72. The van der Waals surface area contributed by atoms with Crippen LogP contribution in [0.3, 0.4) is 0 Å². The van der Waals surface area contributed by atoms with Crippen LogP contribution in [0, 0.1) is 5.92 Å². The quantitative estimate of drug-likeness (QED) is 0.787. The Kier molecular flexibility index (Phi) is 6.65. The van der Waals surface area contributed by atoms with Gasteiger partial charge in [0, 0.05) is 18.2 Å². The molecule has 2 aromatic rings. The minimum Gasteiger partial charge on any atom is -0.481 e. The van der Waals surface area contributed by atoms with E-state index in [-0.39, 0.29) is 30.8 Å². The molecule has 6 heteroatoms. The predicted molar refractivity (Wildman–Crippen MR) is 109 cm³/mol. The number of amides is 2. The van der Waals surface area contributed by atoms with Crippen molar-refractivity contribution in [2.45, 2.75) is 38.3 Å². The van der Waals surface area contributed by atoms with E-state index in [0.29, 0.717) is 18.4 Å². The summed E-state index contributed by atoms with van der Waals surface area (Å²) in [6, 6.07) is 17.7. The molecular formula is C23H26N2O4. The molecule has 3 rings (SSSR count). The van der Waals surface area contributed by atoms with Gasteiger partial charge in [-0.1, -0.05) is 48.5 Å². The van der Waals surface area contributed by atoms with Crippen LogP contribution in [-0.4, -0.2) is 40.4 Å². The van der Waals surface area contributed by atoms with Gasteiger partial charge in [-0.2, -0.15) is 0 Å². The third-order valence-corrected chi connectivity index (χ3v) is 5.47. The van der Waals surface area contributed by atoms with Crippen molar-refractivity contribution in [3.8, 4) is 0 Å². The number of rotatable bonds is 6. The van der Waals surface area contributed by atoms with E-state index in [0.717, 1.165) is 5.56 Å². The van der Waals surface area contributed by atoms with Crippen molar-refractivity contribution >= 4 is 17.8 Å². The van der Waals surface area contributed by atoms with Crippen LogP contribution in [-0.2, 0) is 9.59 Å². The average molecular weight is 394 g/mol. The van der Waals surface area contributed by atoms with Gasteiger partial charge in [0.15, 0.2) is 0 Å². The summed E-state index contributed by atoms with van der Waals surface area (Å²) in [5, 5.41) is 12.3. The maximum atomic E-state index is 13.1. The van der Waals surface area contributed by atoms with Gasteiger partial charge in [0.25, 0.3) is 5.91 Å². The van der Waals surface area contributed by atoms with Gasteiger partial charge in [0.05, 0.1) is 18.4 Å². The van der Waals surface area contributed by atoms with Crippen molar-refractivity contribution in [1.82, 2.24) is 10.2 Å². The zero-order chi connectivity index (χ0) is 20.8. The number of carboxylic acids is 1. The Labute approximate surface area is 170 Å². The van der Waals surface area contributed by atoms with E-state index in [9.17, 15) is 19.5 Å². The topological polar surface area (TPSA) is 86.7 Å². The molecule has 0 bridgehead atoms. The van der Waals surface area contributed by atoms with Gasteiger partial charge in [-0.25, -0.2) is 0 Å². The number of nitrogens with one attached hydrogen (secondary N) is 1. The Morgan fingerprint density at radius 3 is 2.28 bits per heavy atom. The van der Waals surface area contributed by atoms with E-state index < -0.39 is 17.9 Å². The van der Waals surface area contributed by atoms with Gasteiger partial charge in [-0.3, -0.25) is 14.4 Å². The van der Waals surface area contributed by atoms with Crippen LogP contribution in [0.5, 0.6) is 0 Å². The van der Waals surface area contributed by atoms with Gasteiger partial charge in [0.1, 0.15) is 0 Å². The largest absolute Gasteiger partial charge is 0.481 e. The molecule has 1 saturated heterocycles. The first-order chi connectivity index (χ1) is 14.0. The van der Waals surface area contributed by atoms with Crippen LogP contribution in [0.25, 0.3) is 0 Å². The minimum atomic E-state index is -0.869. The Balaban J connectivity index is 1.77. The summed E-state index contributed by atoms with van der Waals surface area (Å²) in [5.74, 6) is -1.80. The first-order valence-corrected chi connectivity index (χ1v) is 9.89. The summed E-state index contributed by atoms with van der Waals surface area (Å²) in [5.41, 5.74) is 1.36. The molecule has 1 fully saturated rings. The molecule has 3 atom stereocenters. The summed E-state index contributed by atoms with van der Waals surface area (Å²) in [6.07, 6.45) is 1.32. The third kappa shape index (κ3) is 5.22. The van der Waals surface area contributed by atoms with Crippen molar-refractivity contribution in [1.29, 1.82) is 0 Å². The summed E-state index contributed by atoms with van der Waals surface area (Å²) in [7, 11) is 0. The van der Waals surface area contributed by atoms with Gasteiger partial charge in [-0.05, 0) is 37.5 Å². The summed E-state index contributed by atoms with van der Waals surface area (Å²) < 4.78 is 0. The molecule has 0 spiro atoms. The van der Waals surface area contributed by atoms with Gasteiger partial charge in [0.2, 0.25) is 5.91 Å². The molecular weight excluding hydrogens is 368 g/mol. The predicted octanol–water partition coefficient (Wildman–Crippen LogP) is 3.26. The highest BCUT2D eigenvalue weighted by Gasteiger charge is 2.33. The number of benzene rings is 2. The number of aliphatic carboxylic acids is 1. The average Bonchev–Trinajstić information content (AvgIpc) is 2.74. The number of likely N-dealkylation sites (tertiary alicyclic amines) is 1. The van der Waals surface area contributed by atoms with Crippen LogP contribution in [0.15, 0.2) is 60.7 Å². The minimum absolute atomic E-state index is 0.0145. The fourth-order valence-corrected chi connectivity index (χ4v) is 3.72. The molecule has 2 aromatic carbocycles. The molecule has 0 aromatic heterocycles. The molecule has 0 saturated carbocycles. The second kappa shape index (κ2) is 9.37. The van der Waals surface area contributed by atoms with Gasteiger partial charge in [-0.15, -0.1) is 0 Å². The number of piperidine rings is 1. The van der Waals surface area contributed by atoms with Crippen molar-refractivity contribution in [3.63, 3.8) is 0 Å². The Morgan fingerprint density at radius 2 is 1.66 bits per heavy atom. The van der Waals surface area contributed by atoms with Crippen LogP contribution < -0.4 is 5.32 Å². The van der Waals surface area contributed by atoms with E-state index in [1.807, 2.05) is 43.3 Å². The number of carbonyl (C=O) groups excluding carboxylic acids is 2. The van der Waals surface area contributed by atoms with Crippen molar-refractivity contribution < 1.29 is 19.5 Å². The molecule has 6 nitrogen and oxygen atoms in total. The van der Waals surface area contributed by atoms with E-state index >= 15 is 0 Å². The lowest BCUT2D eigenvalue weighted by Crippen LogP contribution is -2.48. The highest BCUT2D eigenvalue weighted by Crippen LogP contribution is 2.25. The standard InChI is InChI=1S/C23H26N2O4/c1-16-12-13-19(23(28)29)15-25(16)21(26)14-20(17-8-4-2-5-9-17)24-22(27)18-10-6-3-7-11-18/h2-11,16,19-20H,12-15H2,1H3,(H,24,27)(H,28,29). The molecule has 29 heavy (non-hydrogen) atoms. The molecule has 2 N–H and O–H groups in total. The smallest absolute Gasteiger partial charge is 0.308 e. The van der Waals surface area contributed by atoms with Gasteiger partial charge < -0.3 is 15.3 Å². The third-order valence-electron chi connectivity index (χ3n) is 5.47. The van der Waals surface area contributed by atoms with E-state index in [4.69, 9.17) is 0 Å². The van der Waals surface area contributed by atoms with Crippen LogP contribution in [0.1, 0.15) is 48.1 Å². The molecule has 1 aliphatic heterocycles. The molecule has 3 unspecified atom stereocenters. The first-order valence-electron chi connectivity index (χ1n) is 9.89. The summed E-state index contributed by atoms with van der Waals surface area (Å²) in [6.45, 7) is 2.15. The maximum Gasteiger partial charge on any atom is 0.308 e. The first kappa shape index (κ1) is 20.6. The van der Waals surface area contributed by atoms with Crippen LogP contribution in [0.2, 0.25) is 0 Å². The maximum absolute atomic E-state index is 13.1. The Bertz CT molecular complexity index is 854. The van der Waals surface area contributed by atoms with Crippen molar-refractivity contribution in [3.05, 3.63) is 71.8 Å². The normalized spacial score (nSPS) is 20.0. The number of hydrogen-bond donors (Lipinski definition) is 2. The van der Waals surface area contributed by atoms with Gasteiger partial charge >= 0.3 is 5.97 Å². The van der Waals surface area contributed by atoms with Crippen LogP contribution >= 0.6 is 0 Å². The molecule has 0 radical (unpaired) electrons. The highest BCUT2D eigenvalue weighted by atomic mass is 16.4. The lowest BCUT2D eigenvalue weighted by molar-refractivity contribution is -0.147. The fraction of sp³-hybridized carbons (Fsp3) is 0.348. The molecule has 0 aliphatic carbocycles. The monoisotopic (exact) mass is 394 g/mol. The molecule has 2 amide bonds. The molecule has 152 valence electrons. The summed E-state index contributed by atoms with van der Waals surface area (Å²) in [4.78, 5) is 38.8. The SMILES string of the molecule is CC1CCC(C(=O)O)CN1C(=O)CC(NC(=O)c1ccccc1)c1ccccc1. The lowest BCUT2D eigenvalue weighted by Gasteiger charge is -2.37. The van der Waals surface area contributed by atoms with E-state index in [1.54, 1.807) is 29.2 Å². The number of carbonyl (C=O) groups is 3. The Morgan fingerprint density at radius 1 is 1.03 bits per heavy atom.